The third-order valence-corrected chi connectivity index (χ3v) is 5.52. The molecule has 0 bridgehead atoms. The zero-order chi connectivity index (χ0) is 19.3. The summed E-state index contributed by atoms with van der Waals surface area (Å²) in [6.45, 7) is 4.40. The van der Waals surface area contributed by atoms with Crippen molar-refractivity contribution >= 4 is 17.3 Å². The molecule has 0 fully saturated rings. The number of hydrogen-bond donors (Lipinski definition) is 2. The molecule has 0 radical (unpaired) electrons. The smallest absolute Gasteiger partial charge is 0.120 e. The minimum absolute atomic E-state index is 0.0329. The first-order valence-electron chi connectivity index (χ1n) is 9.91. The molecule has 0 aliphatic carbocycles. The van der Waals surface area contributed by atoms with Crippen LogP contribution in [0.3, 0.4) is 0 Å². The minimum atomic E-state index is -0.339. The van der Waals surface area contributed by atoms with Gasteiger partial charge in [-0.15, -0.1) is 0 Å². The van der Waals surface area contributed by atoms with Crippen LogP contribution in [0.4, 0.5) is 0 Å². The number of para-hydroxylation sites is 1. The lowest BCUT2D eigenvalue weighted by atomic mass is 9.90. The Bertz CT molecular complexity index is 787. The summed E-state index contributed by atoms with van der Waals surface area (Å²) in [7, 11) is 0. The van der Waals surface area contributed by atoms with Gasteiger partial charge >= 0.3 is 0 Å². The summed E-state index contributed by atoms with van der Waals surface area (Å²) in [6.07, 6.45) is 6.57. The molecule has 1 heterocycles. The predicted molar refractivity (Wildman–Crippen MR) is 114 cm³/mol. The zero-order valence-corrected chi connectivity index (χ0v) is 17.0. The Balaban J connectivity index is 1.90. The second kappa shape index (κ2) is 8.90. The largest absolute Gasteiger partial charge is 0.508 e. The van der Waals surface area contributed by atoms with Crippen molar-refractivity contribution in [3.05, 3.63) is 64.7 Å². The molecule has 2 aromatic rings. The Morgan fingerprint density at radius 2 is 1.85 bits per heavy atom. The number of nitrogens with one attached hydrogen (secondary N) is 1. The average Bonchev–Trinajstić information content (AvgIpc) is 2.66. The summed E-state index contributed by atoms with van der Waals surface area (Å²) >= 11 is 6.06. The number of aliphatic imine (C=N–C) groups is 1. The monoisotopic (exact) mass is 384 g/mol. The molecule has 2 N–H and O–H groups in total. The van der Waals surface area contributed by atoms with E-state index in [1.807, 2.05) is 42.5 Å². The van der Waals surface area contributed by atoms with Gasteiger partial charge in [0.25, 0.3) is 0 Å². The molecule has 0 spiro atoms. The van der Waals surface area contributed by atoms with Gasteiger partial charge < -0.3 is 5.11 Å². The van der Waals surface area contributed by atoms with E-state index in [2.05, 4.69) is 19.2 Å². The predicted octanol–water partition coefficient (Wildman–Crippen LogP) is 6.26. The summed E-state index contributed by atoms with van der Waals surface area (Å²) in [4.78, 5) is 5.10. The van der Waals surface area contributed by atoms with Gasteiger partial charge in [0.2, 0.25) is 0 Å². The first-order chi connectivity index (χ1) is 13.0. The molecule has 0 amide bonds. The lowest BCUT2D eigenvalue weighted by Gasteiger charge is -2.38. The Morgan fingerprint density at radius 3 is 2.56 bits per heavy atom. The van der Waals surface area contributed by atoms with E-state index in [0.29, 0.717) is 5.75 Å². The minimum Gasteiger partial charge on any atom is -0.508 e. The quantitative estimate of drug-likeness (QED) is 0.553. The van der Waals surface area contributed by atoms with Gasteiger partial charge in [-0.3, -0.25) is 10.3 Å². The summed E-state index contributed by atoms with van der Waals surface area (Å²) < 4.78 is 0. The van der Waals surface area contributed by atoms with Gasteiger partial charge in [0.05, 0.1) is 0 Å². The second-order valence-electron chi connectivity index (χ2n) is 7.61. The number of halogens is 1. The van der Waals surface area contributed by atoms with E-state index in [4.69, 9.17) is 16.6 Å². The Labute approximate surface area is 167 Å². The van der Waals surface area contributed by atoms with Crippen LogP contribution in [0.15, 0.2) is 53.5 Å². The van der Waals surface area contributed by atoms with Crippen LogP contribution in [-0.2, 0) is 0 Å². The highest BCUT2D eigenvalue weighted by molar-refractivity contribution is 6.30. The number of aromatic hydroxyl groups is 1. The van der Waals surface area contributed by atoms with Crippen LogP contribution in [-0.4, -0.2) is 16.5 Å². The Kier molecular flexibility index (Phi) is 6.56. The molecule has 0 aromatic heterocycles. The van der Waals surface area contributed by atoms with Crippen LogP contribution in [0.5, 0.6) is 5.75 Å². The maximum absolute atomic E-state index is 10.4. The highest BCUT2D eigenvalue weighted by Gasteiger charge is 2.33. The van der Waals surface area contributed by atoms with Gasteiger partial charge in [-0.25, -0.2) is 0 Å². The number of benzene rings is 2. The number of phenols is 1. The molecule has 0 unspecified atom stereocenters. The SMILES string of the molecule is CCCCCC[C@]1(C)N=C(c2ccc(Cl)cc2)C[C@H](c2ccccc2O)N1. The molecular weight excluding hydrogens is 356 g/mol. The molecule has 0 saturated heterocycles. The highest BCUT2D eigenvalue weighted by atomic mass is 35.5. The van der Waals surface area contributed by atoms with Crippen molar-refractivity contribution in [3.63, 3.8) is 0 Å². The molecule has 3 rings (SSSR count). The summed E-state index contributed by atoms with van der Waals surface area (Å²) in [5.74, 6) is 0.334. The van der Waals surface area contributed by atoms with Crippen LogP contribution in [0, 0.1) is 0 Å². The van der Waals surface area contributed by atoms with Crippen LogP contribution in [0.25, 0.3) is 0 Å². The van der Waals surface area contributed by atoms with E-state index in [-0.39, 0.29) is 11.7 Å². The number of hydrogen-bond acceptors (Lipinski definition) is 3. The van der Waals surface area contributed by atoms with Crippen molar-refractivity contribution in [2.75, 3.05) is 0 Å². The maximum atomic E-state index is 10.4. The van der Waals surface area contributed by atoms with Gasteiger partial charge in [0.1, 0.15) is 11.4 Å². The van der Waals surface area contributed by atoms with Gasteiger partial charge in [-0.2, -0.15) is 0 Å². The van der Waals surface area contributed by atoms with E-state index < -0.39 is 0 Å². The van der Waals surface area contributed by atoms with Gasteiger partial charge in [-0.05, 0) is 43.5 Å². The molecule has 0 saturated carbocycles. The molecule has 27 heavy (non-hydrogen) atoms. The van der Waals surface area contributed by atoms with Crippen LogP contribution >= 0.6 is 11.6 Å². The van der Waals surface area contributed by atoms with Gasteiger partial charge in [0, 0.05) is 28.8 Å². The lowest BCUT2D eigenvalue weighted by Crippen LogP contribution is -2.47. The van der Waals surface area contributed by atoms with Crippen molar-refractivity contribution in [3.8, 4) is 5.75 Å². The third kappa shape index (κ3) is 5.12. The number of unbranched alkanes of at least 4 members (excludes halogenated alkanes) is 3. The zero-order valence-electron chi connectivity index (χ0n) is 16.2. The van der Waals surface area contributed by atoms with Crippen LogP contribution in [0.2, 0.25) is 5.02 Å². The molecule has 144 valence electrons. The Morgan fingerprint density at radius 1 is 1.11 bits per heavy atom. The van der Waals surface area contributed by atoms with E-state index in [0.717, 1.165) is 41.1 Å². The van der Waals surface area contributed by atoms with E-state index in [1.54, 1.807) is 6.07 Å². The van der Waals surface area contributed by atoms with Crippen molar-refractivity contribution in [1.82, 2.24) is 5.32 Å². The molecule has 4 heteroatoms. The van der Waals surface area contributed by atoms with Crippen molar-refractivity contribution < 1.29 is 5.11 Å². The number of nitrogens with zero attached hydrogens (tertiary/aromatic N) is 1. The van der Waals surface area contributed by atoms with Crippen LogP contribution in [0.1, 0.15) is 69.5 Å². The molecule has 1 aliphatic heterocycles. The van der Waals surface area contributed by atoms with Gasteiger partial charge in [-0.1, -0.05) is 68.1 Å². The summed E-state index contributed by atoms with van der Waals surface area (Å²) in [6, 6.07) is 15.5. The topological polar surface area (TPSA) is 44.6 Å². The molecule has 1 aliphatic rings. The van der Waals surface area contributed by atoms with E-state index in [9.17, 15) is 5.11 Å². The Hall–Kier alpha value is -1.84. The molecular formula is C23H29ClN2O. The number of phenolic OH excluding ortho intramolecular Hbond substituents is 1. The van der Waals surface area contributed by atoms with Crippen molar-refractivity contribution in [2.24, 2.45) is 4.99 Å². The van der Waals surface area contributed by atoms with Crippen molar-refractivity contribution in [2.45, 2.75) is 64.1 Å². The average molecular weight is 385 g/mol. The molecule has 3 nitrogen and oxygen atoms in total. The standard InChI is InChI=1S/C23H29ClN2O/c1-3-4-5-8-15-23(2)25-20(17-11-13-18(24)14-12-17)16-21(26-23)19-9-6-7-10-22(19)27/h6-7,9-14,21,26-27H,3-5,8,15-16H2,1-2H3/t21-,23-/m1/s1. The van der Waals surface area contributed by atoms with E-state index in [1.165, 1.54) is 19.3 Å². The highest BCUT2D eigenvalue weighted by Crippen LogP contribution is 2.35. The van der Waals surface area contributed by atoms with Gasteiger partial charge in [0.15, 0.2) is 0 Å². The fourth-order valence-electron chi connectivity index (χ4n) is 3.81. The second-order valence-corrected chi connectivity index (χ2v) is 8.05. The number of rotatable bonds is 7. The summed E-state index contributed by atoms with van der Waals surface area (Å²) in [5, 5.41) is 14.8. The summed E-state index contributed by atoms with van der Waals surface area (Å²) in [5.41, 5.74) is 2.75. The third-order valence-electron chi connectivity index (χ3n) is 5.27. The maximum Gasteiger partial charge on any atom is 0.120 e. The van der Waals surface area contributed by atoms with Crippen molar-refractivity contribution in [1.29, 1.82) is 0 Å². The molecule has 2 aromatic carbocycles. The van der Waals surface area contributed by atoms with E-state index >= 15 is 0 Å². The first-order valence-corrected chi connectivity index (χ1v) is 10.3. The molecule has 2 atom stereocenters. The van der Waals surface area contributed by atoms with Crippen LogP contribution < -0.4 is 5.32 Å². The fraction of sp³-hybridized carbons (Fsp3) is 0.435. The fourth-order valence-corrected chi connectivity index (χ4v) is 3.94. The lowest BCUT2D eigenvalue weighted by molar-refractivity contribution is 0.277. The normalized spacial score (nSPS) is 22.5. The first kappa shape index (κ1) is 19.9.